The summed E-state index contributed by atoms with van der Waals surface area (Å²) in [6.45, 7) is 0.738. The average molecular weight is 255 g/mol. The summed E-state index contributed by atoms with van der Waals surface area (Å²) in [7, 11) is -3.85. The van der Waals surface area contributed by atoms with Crippen LogP contribution >= 0.6 is 0 Å². The Labute approximate surface area is 99.5 Å². The second-order valence-electron chi connectivity index (χ2n) is 3.79. The SMILES string of the molecule is O=C(NS(=O)(=O)c1ccccn1)[C@@H]1CCCN1. The molecule has 1 fully saturated rings. The van der Waals surface area contributed by atoms with Gasteiger partial charge in [0.05, 0.1) is 6.04 Å². The number of aromatic nitrogens is 1. The predicted octanol–water partition coefficient (Wildman–Crippen LogP) is -0.362. The molecule has 1 atom stereocenters. The van der Waals surface area contributed by atoms with Crippen LogP contribution in [-0.2, 0) is 14.8 Å². The first-order valence-electron chi connectivity index (χ1n) is 5.31. The van der Waals surface area contributed by atoms with Gasteiger partial charge >= 0.3 is 0 Å². The molecule has 0 saturated carbocycles. The van der Waals surface area contributed by atoms with Gasteiger partial charge in [-0.1, -0.05) is 6.07 Å². The lowest BCUT2D eigenvalue weighted by Gasteiger charge is -2.10. The number of carbonyl (C=O) groups is 1. The molecule has 6 nitrogen and oxygen atoms in total. The molecule has 1 aliphatic rings. The number of amides is 1. The lowest BCUT2D eigenvalue weighted by atomic mass is 10.2. The van der Waals surface area contributed by atoms with Crippen LogP contribution in [-0.4, -0.2) is 31.9 Å². The van der Waals surface area contributed by atoms with E-state index in [1.807, 2.05) is 4.72 Å². The summed E-state index contributed by atoms with van der Waals surface area (Å²) in [4.78, 5) is 15.4. The molecule has 2 rings (SSSR count). The van der Waals surface area contributed by atoms with Gasteiger partial charge in [0, 0.05) is 6.20 Å². The quantitative estimate of drug-likeness (QED) is 0.770. The molecule has 0 aliphatic carbocycles. The van der Waals surface area contributed by atoms with Crippen molar-refractivity contribution in [3.8, 4) is 0 Å². The number of rotatable bonds is 3. The summed E-state index contributed by atoms with van der Waals surface area (Å²) in [5.41, 5.74) is 0. The minimum absolute atomic E-state index is 0.147. The van der Waals surface area contributed by atoms with Gasteiger partial charge in [0.25, 0.3) is 15.9 Å². The molecule has 0 radical (unpaired) electrons. The van der Waals surface area contributed by atoms with Crippen LogP contribution in [0.1, 0.15) is 12.8 Å². The maximum atomic E-state index is 11.8. The van der Waals surface area contributed by atoms with E-state index in [1.165, 1.54) is 12.3 Å². The highest BCUT2D eigenvalue weighted by Crippen LogP contribution is 2.08. The highest BCUT2D eigenvalue weighted by Gasteiger charge is 2.27. The molecule has 2 N–H and O–H groups in total. The Morgan fingerprint density at radius 1 is 1.47 bits per heavy atom. The van der Waals surface area contributed by atoms with Crippen LogP contribution in [0.2, 0.25) is 0 Å². The fourth-order valence-electron chi connectivity index (χ4n) is 1.67. The van der Waals surface area contributed by atoms with Crippen molar-refractivity contribution in [2.75, 3.05) is 6.54 Å². The van der Waals surface area contributed by atoms with Crippen molar-refractivity contribution in [3.63, 3.8) is 0 Å². The van der Waals surface area contributed by atoms with Gasteiger partial charge in [0.2, 0.25) is 0 Å². The smallest absolute Gasteiger partial charge is 0.281 e. The van der Waals surface area contributed by atoms with Crippen LogP contribution < -0.4 is 10.0 Å². The Hall–Kier alpha value is -1.47. The molecule has 1 aromatic heterocycles. The Balaban J connectivity index is 2.10. The van der Waals surface area contributed by atoms with Crippen molar-refractivity contribution in [3.05, 3.63) is 24.4 Å². The number of nitrogens with zero attached hydrogens (tertiary/aromatic N) is 1. The standard InChI is InChI=1S/C10H13N3O3S/c14-10(8-4-3-7-11-8)13-17(15,16)9-5-1-2-6-12-9/h1-2,5-6,8,11H,3-4,7H2,(H,13,14)/t8-/m0/s1. The van der Waals surface area contributed by atoms with Gasteiger partial charge in [0.15, 0.2) is 5.03 Å². The number of carbonyl (C=O) groups excluding carboxylic acids is 1. The van der Waals surface area contributed by atoms with Crippen molar-refractivity contribution in [1.82, 2.24) is 15.0 Å². The van der Waals surface area contributed by atoms with E-state index in [1.54, 1.807) is 12.1 Å². The van der Waals surface area contributed by atoms with Gasteiger partial charge in [-0.05, 0) is 31.5 Å². The molecule has 0 spiro atoms. The normalized spacial score (nSPS) is 20.1. The molecule has 17 heavy (non-hydrogen) atoms. The van der Waals surface area contributed by atoms with Crippen LogP contribution in [0.3, 0.4) is 0 Å². The zero-order valence-electron chi connectivity index (χ0n) is 9.09. The van der Waals surface area contributed by atoms with Gasteiger partial charge in [0.1, 0.15) is 0 Å². The fourth-order valence-corrected chi connectivity index (χ4v) is 2.64. The first kappa shape index (κ1) is 12.0. The first-order chi connectivity index (χ1) is 8.09. The van der Waals surface area contributed by atoms with E-state index in [2.05, 4.69) is 10.3 Å². The molecule has 1 saturated heterocycles. The largest absolute Gasteiger partial charge is 0.306 e. The molecule has 2 heterocycles. The number of nitrogens with one attached hydrogen (secondary N) is 2. The number of hydrogen-bond donors (Lipinski definition) is 2. The van der Waals surface area contributed by atoms with Crippen molar-refractivity contribution in [2.24, 2.45) is 0 Å². The van der Waals surface area contributed by atoms with E-state index in [4.69, 9.17) is 0 Å². The van der Waals surface area contributed by atoms with E-state index < -0.39 is 22.0 Å². The zero-order valence-corrected chi connectivity index (χ0v) is 9.90. The monoisotopic (exact) mass is 255 g/mol. The summed E-state index contributed by atoms with van der Waals surface area (Å²) in [6, 6.07) is 4.09. The van der Waals surface area contributed by atoms with Crippen molar-refractivity contribution in [2.45, 2.75) is 23.9 Å². The number of sulfonamides is 1. The number of hydrogen-bond acceptors (Lipinski definition) is 5. The summed E-state index contributed by atoms with van der Waals surface area (Å²) in [5, 5.41) is 2.79. The molecule has 1 aromatic rings. The van der Waals surface area contributed by atoms with Gasteiger partial charge in [-0.15, -0.1) is 0 Å². The lowest BCUT2D eigenvalue weighted by Crippen LogP contribution is -2.43. The topological polar surface area (TPSA) is 88.2 Å². The van der Waals surface area contributed by atoms with Gasteiger partial charge in [-0.2, -0.15) is 8.42 Å². The molecule has 0 bridgehead atoms. The minimum Gasteiger partial charge on any atom is -0.306 e. The highest BCUT2D eigenvalue weighted by molar-refractivity contribution is 7.90. The first-order valence-corrected chi connectivity index (χ1v) is 6.79. The lowest BCUT2D eigenvalue weighted by molar-refractivity contribution is -0.121. The summed E-state index contributed by atoms with van der Waals surface area (Å²) >= 11 is 0. The van der Waals surface area contributed by atoms with E-state index in [9.17, 15) is 13.2 Å². The number of pyridine rings is 1. The van der Waals surface area contributed by atoms with E-state index >= 15 is 0 Å². The minimum atomic E-state index is -3.85. The molecule has 1 aliphatic heterocycles. The molecule has 92 valence electrons. The molecule has 0 unspecified atom stereocenters. The Morgan fingerprint density at radius 3 is 2.88 bits per heavy atom. The zero-order chi connectivity index (χ0) is 12.3. The van der Waals surface area contributed by atoms with Gasteiger partial charge in [-0.3, -0.25) is 4.79 Å². The van der Waals surface area contributed by atoms with Crippen LogP contribution in [0.5, 0.6) is 0 Å². The van der Waals surface area contributed by atoms with Crippen molar-refractivity contribution in [1.29, 1.82) is 0 Å². The average Bonchev–Trinajstić information content (AvgIpc) is 2.83. The van der Waals surface area contributed by atoms with Gasteiger partial charge < -0.3 is 5.32 Å². The summed E-state index contributed by atoms with van der Waals surface area (Å²) in [5.74, 6) is -0.520. The third-order valence-electron chi connectivity index (χ3n) is 2.52. The third-order valence-corrected chi connectivity index (χ3v) is 3.79. The molecule has 0 aromatic carbocycles. The molecular weight excluding hydrogens is 242 g/mol. The third kappa shape index (κ3) is 2.80. The molecule has 1 amide bonds. The fraction of sp³-hybridized carbons (Fsp3) is 0.400. The van der Waals surface area contributed by atoms with E-state index in [0.717, 1.165) is 13.0 Å². The van der Waals surface area contributed by atoms with E-state index in [-0.39, 0.29) is 5.03 Å². The maximum Gasteiger partial charge on any atom is 0.281 e. The predicted molar refractivity (Wildman–Crippen MR) is 60.6 cm³/mol. The summed E-state index contributed by atoms with van der Waals surface area (Å²) in [6.07, 6.45) is 2.90. The Kier molecular flexibility index (Phi) is 3.39. The second-order valence-corrected chi connectivity index (χ2v) is 5.42. The van der Waals surface area contributed by atoms with Crippen LogP contribution in [0.4, 0.5) is 0 Å². The van der Waals surface area contributed by atoms with Crippen LogP contribution in [0.25, 0.3) is 0 Å². The molecule has 7 heteroatoms. The highest BCUT2D eigenvalue weighted by atomic mass is 32.2. The maximum absolute atomic E-state index is 11.8. The van der Waals surface area contributed by atoms with E-state index in [0.29, 0.717) is 6.42 Å². The second kappa shape index (κ2) is 4.80. The van der Waals surface area contributed by atoms with Crippen LogP contribution in [0.15, 0.2) is 29.4 Å². The Bertz CT molecular complexity index is 495. The van der Waals surface area contributed by atoms with Crippen LogP contribution in [0, 0.1) is 0 Å². The molecular formula is C10H13N3O3S. The van der Waals surface area contributed by atoms with Crippen molar-refractivity contribution >= 4 is 15.9 Å². The Morgan fingerprint density at radius 2 is 2.29 bits per heavy atom. The van der Waals surface area contributed by atoms with Crippen molar-refractivity contribution < 1.29 is 13.2 Å². The summed E-state index contributed by atoms with van der Waals surface area (Å²) < 4.78 is 25.6. The van der Waals surface area contributed by atoms with Gasteiger partial charge in [-0.25, -0.2) is 9.71 Å².